The molecule has 15 heavy (non-hydrogen) atoms. The van der Waals surface area contributed by atoms with Gasteiger partial charge in [0, 0.05) is 10.0 Å². The monoisotopic (exact) mass is 300 g/mol. The van der Waals surface area contributed by atoms with Gasteiger partial charge >= 0.3 is 0 Å². The third-order valence-corrected chi connectivity index (χ3v) is 3.22. The average Bonchev–Trinajstić information content (AvgIpc) is 2.18. The number of ketones is 1. The summed E-state index contributed by atoms with van der Waals surface area (Å²) in [5.41, 5.74) is 0.685. The molecule has 0 fully saturated rings. The van der Waals surface area contributed by atoms with Gasteiger partial charge < -0.3 is 0 Å². The van der Waals surface area contributed by atoms with Gasteiger partial charge in [-0.3, -0.25) is 4.79 Å². The number of carbonyl (C=O) groups excluding carboxylic acids is 1. The summed E-state index contributed by atoms with van der Waals surface area (Å²) in [6.45, 7) is 3.55. The highest BCUT2D eigenvalue weighted by Crippen LogP contribution is 2.15. The predicted molar refractivity (Wildman–Crippen MR) is 73.5 cm³/mol. The minimum atomic E-state index is 0.0434. The molecule has 0 bridgehead atoms. The van der Waals surface area contributed by atoms with Gasteiger partial charge in [0.05, 0.1) is 10.6 Å². The van der Waals surface area contributed by atoms with E-state index in [4.69, 9.17) is 12.2 Å². The molecule has 1 aromatic carbocycles. The Morgan fingerprint density at radius 1 is 1.47 bits per heavy atom. The van der Waals surface area contributed by atoms with E-state index < -0.39 is 0 Å². The van der Waals surface area contributed by atoms with E-state index in [2.05, 4.69) is 22.5 Å². The first-order chi connectivity index (χ1) is 7.13. The lowest BCUT2D eigenvalue weighted by molar-refractivity contribution is 0.100. The molecular weight excluding hydrogens is 292 g/mol. The van der Waals surface area contributed by atoms with Crippen LogP contribution < -0.4 is 0 Å². The molecule has 1 rings (SSSR count). The SMILES string of the molecule is C=CSC(=S)CC(=O)c1ccc(Br)cc1. The van der Waals surface area contributed by atoms with Crippen LogP contribution in [0.25, 0.3) is 0 Å². The molecule has 1 nitrogen and oxygen atoms in total. The van der Waals surface area contributed by atoms with Crippen molar-refractivity contribution in [3.05, 3.63) is 46.3 Å². The third-order valence-electron chi connectivity index (χ3n) is 1.69. The molecule has 0 atom stereocenters. The molecule has 78 valence electrons. The Bertz CT molecular complexity index is 384. The van der Waals surface area contributed by atoms with Crippen LogP contribution in [0.1, 0.15) is 16.8 Å². The number of halogens is 1. The summed E-state index contributed by atoms with van der Waals surface area (Å²) >= 11 is 9.66. The third kappa shape index (κ3) is 4.28. The van der Waals surface area contributed by atoms with Crippen LogP contribution in [0.4, 0.5) is 0 Å². The van der Waals surface area contributed by atoms with Crippen molar-refractivity contribution in [1.29, 1.82) is 0 Å². The van der Waals surface area contributed by atoms with Gasteiger partial charge in [0.15, 0.2) is 5.78 Å². The number of rotatable bonds is 4. The Morgan fingerprint density at radius 2 is 2.07 bits per heavy atom. The van der Waals surface area contributed by atoms with Crippen molar-refractivity contribution in [2.24, 2.45) is 0 Å². The second kappa shape index (κ2) is 6.20. The van der Waals surface area contributed by atoms with Gasteiger partial charge in [0.2, 0.25) is 0 Å². The Kier molecular flexibility index (Phi) is 5.22. The molecule has 0 heterocycles. The number of Topliss-reactive ketones (excluding diaryl/α,β-unsaturated/α-hetero) is 1. The van der Waals surface area contributed by atoms with E-state index in [1.807, 2.05) is 12.1 Å². The van der Waals surface area contributed by atoms with Crippen LogP contribution in [-0.2, 0) is 0 Å². The zero-order valence-electron chi connectivity index (χ0n) is 7.90. The van der Waals surface area contributed by atoms with Gasteiger partial charge in [-0.1, -0.05) is 58.6 Å². The number of carbonyl (C=O) groups is 1. The van der Waals surface area contributed by atoms with E-state index in [0.29, 0.717) is 9.76 Å². The van der Waals surface area contributed by atoms with Gasteiger partial charge in [-0.15, -0.1) is 0 Å². The van der Waals surface area contributed by atoms with Crippen molar-refractivity contribution in [3.63, 3.8) is 0 Å². The quantitative estimate of drug-likeness (QED) is 0.612. The van der Waals surface area contributed by atoms with E-state index in [1.165, 1.54) is 11.8 Å². The first-order valence-electron chi connectivity index (χ1n) is 4.22. The maximum absolute atomic E-state index is 11.7. The minimum absolute atomic E-state index is 0.0434. The highest BCUT2D eigenvalue weighted by molar-refractivity contribution is 9.10. The summed E-state index contributed by atoms with van der Waals surface area (Å²) in [6.07, 6.45) is 0.285. The van der Waals surface area contributed by atoms with Crippen LogP contribution in [0.5, 0.6) is 0 Å². The Balaban J connectivity index is 2.65. The zero-order chi connectivity index (χ0) is 11.3. The van der Waals surface area contributed by atoms with Gasteiger partial charge in [0.1, 0.15) is 0 Å². The van der Waals surface area contributed by atoms with Crippen LogP contribution in [0.2, 0.25) is 0 Å². The Labute approximate surface area is 107 Å². The zero-order valence-corrected chi connectivity index (χ0v) is 11.1. The summed E-state index contributed by atoms with van der Waals surface area (Å²) in [7, 11) is 0. The van der Waals surface area contributed by atoms with Crippen molar-refractivity contribution in [2.45, 2.75) is 6.42 Å². The van der Waals surface area contributed by atoms with Crippen LogP contribution in [0, 0.1) is 0 Å². The molecular formula is C11H9BrOS2. The van der Waals surface area contributed by atoms with Gasteiger partial charge in [-0.25, -0.2) is 0 Å². The molecule has 1 aromatic rings. The second-order valence-corrected chi connectivity index (χ2v) is 5.49. The Morgan fingerprint density at radius 3 is 2.60 bits per heavy atom. The molecule has 0 saturated heterocycles. The number of benzene rings is 1. The van der Waals surface area contributed by atoms with Crippen molar-refractivity contribution in [3.8, 4) is 0 Å². The van der Waals surface area contributed by atoms with Gasteiger partial charge in [0.25, 0.3) is 0 Å². The van der Waals surface area contributed by atoms with Crippen LogP contribution >= 0.6 is 39.9 Å². The molecule has 0 aromatic heterocycles. The molecule has 0 N–H and O–H groups in total. The van der Waals surface area contributed by atoms with Gasteiger partial charge in [-0.05, 0) is 17.5 Å². The molecule has 0 saturated carbocycles. The highest BCUT2D eigenvalue weighted by Gasteiger charge is 2.08. The molecule has 0 aliphatic rings. The number of hydrogen-bond donors (Lipinski definition) is 0. The lowest BCUT2D eigenvalue weighted by Crippen LogP contribution is -2.02. The molecule has 0 aliphatic carbocycles. The maximum atomic E-state index is 11.7. The van der Waals surface area contributed by atoms with Crippen molar-refractivity contribution in [1.82, 2.24) is 0 Å². The molecule has 0 amide bonds. The van der Waals surface area contributed by atoms with Crippen LogP contribution in [-0.4, -0.2) is 9.98 Å². The van der Waals surface area contributed by atoms with E-state index in [1.54, 1.807) is 17.5 Å². The molecule has 0 spiro atoms. The van der Waals surface area contributed by atoms with E-state index in [0.717, 1.165) is 4.47 Å². The summed E-state index contributed by atoms with van der Waals surface area (Å²) < 4.78 is 1.61. The lowest BCUT2D eigenvalue weighted by Gasteiger charge is -2.00. The minimum Gasteiger partial charge on any atom is -0.294 e. The van der Waals surface area contributed by atoms with Crippen LogP contribution in [0.3, 0.4) is 0 Å². The second-order valence-electron chi connectivity index (χ2n) is 2.76. The number of thioether (sulfide) groups is 1. The molecule has 4 heteroatoms. The summed E-state index contributed by atoms with van der Waals surface area (Å²) in [4.78, 5) is 11.7. The van der Waals surface area contributed by atoms with E-state index in [9.17, 15) is 4.79 Å². The topological polar surface area (TPSA) is 17.1 Å². The van der Waals surface area contributed by atoms with Crippen molar-refractivity contribution >= 4 is 49.9 Å². The smallest absolute Gasteiger partial charge is 0.168 e. The molecule has 0 radical (unpaired) electrons. The normalized spacial score (nSPS) is 9.67. The fraction of sp³-hybridized carbons (Fsp3) is 0.0909. The lowest BCUT2D eigenvalue weighted by atomic mass is 10.1. The largest absolute Gasteiger partial charge is 0.294 e. The predicted octanol–water partition coefficient (Wildman–Crippen LogP) is 4.23. The standard InChI is InChI=1S/C11H9BrOS2/c1-2-15-11(14)7-10(13)8-3-5-9(12)6-4-8/h2-6H,1,7H2. The fourth-order valence-electron chi connectivity index (χ4n) is 1.00. The van der Waals surface area contributed by atoms with Gasteiger partial charge in [-0.2, -0.15) is 0 Å². The average molecular weight is 301 g/mol. The van der Waals surface area contributed by atoms with Crippen molar-refractivity contribution < 1.29 is 4.79 Å². The van der Waals surface area contributed by atoms with Crippen LogP contribution in [0.15, 0.2) is 40.7 Å². The van der Waals surface area contributed by atoms with Crippen molar-refractivity contribution in [2.75, 3.05) is 0 Å². The first-order valence-corrected chi connectivity index (χ1v) is 6.30. The summed E-state index contributed by atoms with van der Waals surface area (Å²) in [5.74, 6) is 0.0434. The highest BCUT2D eigenvalue weighted by atomic mass is 79.9. The fourth-order valence-corrected chi connectivity index (χ4v) is 2.00. The first kappa shape index (κ1) is 12.6. The van der Waals surface area contributed by atoms with E-state index in [-0.39, 0.29) is 12.2 Å². The number of thiocarbonyl (C=S) groups is 1. The Hall–Kier alpha value is -0.450. The maximum Gasteiger partial charge on any atom is 0.168 e. The summed E-state index contributed by atoms with van der Waals surface area (Å²) in [6, 6.07) is 7.26. The molecule has 0 unspecified atom stereocenters. The van der Waals surface area contributed by atoms with E-state index >= 15 is 0 Å². The summed E-state index contributed by atoms with van der Waals surface area (Å²) in [5, 5.41) is 1.64. The number of hydrogen-bond acceptors (Lipinski definition) is 3. The molecule has 0 aliphatic heterocycles.